The highest BCUT2D eigenvalue weighted by molar-refractivity contribution is 14.1. The summed E-state index contributed by atoms with van der Waals surface area (Å²) >= 11 is 14.2. The fourth-order valence-corrected chi connectivity index (χ4v) is 3.19. The van der Waals surface area contributed by atoms with Crippen LogP contribution in [-0.2, 0) is 13.2 Å². The van der Waals surface area contributed by atoms with Gasteiger partial charge in [-0.15, -0.1) is 0 Å². The van der Waals surface area contributed by atoms with E-state index in [1.807, 2.05) is 19.1 Å². The Labute approximate surface area is 153 Å². The second-order valence-corrected chi connectivity index (χ2v) is 6.53. The van der Waals surface area contributed by atoms with Crippen LogP contribution in [0.2, 0.25) is 10.0 Å². The van der Waals surface area contributed by atoms with E-state index in [4.69, 9.17) is 32.7 Å². The topological polar surface area (TPSA) is 38.7 Å². The van der Waals surface area contributed by atoms with E-state index in [2.05, 4.69) is 22.6 Å². The lowest BCUT2D eigenvalue weighted by molar-refractivity contribution is 0.262. The summed E-state index contributed by atoms with van der Waals surface area (Å²) in [6, 6.07) is 8.94. The largest absolute Gasteiger partial charge is 0.490 e. The number of hydrogen-bond acceptors (Lipinski definition) is 3. The van der Waals surface area contributed by atoms with Crippen LogP contribution in [-0.4, -0.2) is 11.7 Å². The van der Waals surface area contributed by atoms with Crippen molar-refractivity contribution >= 4 is 45.8 Å². The molecule has 1 N–H and O–H groups in total. The molecule has 0 aliphatic carbocycles. The number of aliphatic hydroxyl groups is 1. The standard InChI is InChI=1S/C16H15Cl2IO3/c1-2-21-15-6-10(8-20)5-14(19)16(15)22-9-11-3-4-12(17)7-13(11)18/h3-7,20H,2,8-9H2,1H3. The van der Waals surface area contributed by atoms with Gasteiger partial charge >= 0.3 is 0 Å². The molecule has 0 fully saturated rings. The summed E-state index contributed by atoms with van der Waals surface area (Å²) < 4.78 is 12.4. The lowest BCUT2D eigenvalue weighted by atomic mass is 10.2. The number of hydrogen-bond donors (Lipinski definition) is 1. The molecule has 0 saturated carbocycles. The Morgan fingerprint density at radius 3 is 2.55 bits per heavy atom. The molecule has 22 heavy (non-hydrogen) atoms. The van der Waals surface area contributed by atoms with Gasteiger partial charge in [-0.3, -0.25) is 0 Å². The highest BCUT2D eigenvalue weighted by atomic mass is 127. The maximum absolute atomic E-state index is 9.29. The van der Waals surface area contributed by atoms with Crippen LogP contribution in [0.15, 0.2) is 30.3 Å². The average molecular weight is 453 g/mol. The van der Waals surface area contributed by atoms with Crippen LogP contribution in [0, 0.1) is 3.57 Å². The van der Waals surface area contributed by atoms with E-state index in [1.165, 1.54) is 0 Å². The summed E-state index contributed by atoms with van der Waals surface area (Å²) in [5, 5.41) is 10.4. The molecular formula is C16H15Cl2IO3. The van der Waals surface area contributed by atoms with Gasteiger partial charge in [0.25, 0.3) is 0 Å². The number of halogens is 3. The third-order valence-electron chi connectivity index (χ3n) is 2.94. The molecule has 2 rings (SSSR count). The number of benzene rings is 2. The van der Waals surface area contributed by atoms with Crippen molar-refractivity contribution in [2.24, 2.45) is 0 Å². The van der Waals surface area contributed by atoms with Crippen molar-refractivity contribution in [3.8, 4) is 11.5 Å². The first-order valence-electron chi connectivity index (χ1n) is 6.68. The Morgan fingerprint density at radius 2 is 1.91 bits per heavy atom. The van der Waals surface area contributed by atoms with Crippen LogP contribution in [0.25, 0.3) is 0 Å². The third kappa shape index (κ3) is 4.41. The van der Waals surface area contributed by atoms with Gasteiger partial charge in [0, 0.05) is 15.6 Å². The minimum Gasteiger partial charge on any atom is -0.490 e. The van der Waals surface area contributed by atoms with Gasteiger partial charge in [0.1, 0.15) is 6.61 Å². The lowest BCUT2D eigenvalue weighted by Crippen LogP contribution is -2.03. The van der Waals surface area contributed by atoms with E-state index in [9.17, 15) is 5.11 Å². The fraction of sp³-hybridized carbons (Fsp3) is 0.250. The molecule has 2 aromatic carbocycles. The van der Waals surface area contributed by atoms with Crippen LogP contribution in [0.4, 0.5) is 0 Å². The molecule has 0 radical (unpaired) electrons. The van der Waals surface area contributed by atoms with Crippen molar-refractivity contribution < 1.29 is 14.6 Å². The van der Waals surface area contributed by atoms with Crippen molar-refractivity contribution in [1.82, 2.24) is 0 Å². The normalized spacial score (nSPS) is 10.6. The summed E-state index contributed by atoms with van der Waals surface area (Å²) in [7, 11) is 0. The van der Waals surface area contributed by atoms with Crippen molar-refractivity contribution in [2.75, 3.05) is 6.61 Å². The molecule has 0 aliphatic rings. The zero-order chi connectivity index (χ0) is 16.1. The van der Waals surface area contributed by atoms with Gasteiger partial charge in [-0.2, -0.15) is 0 Å². The van der Waals surface area contributed by atoms with Crippen molar-refractivity contribution in [2.45, 2.75) is 20.1 Å². The Hall–Kier alpha value is -0.690. The Morgan fingerprint density at radius 1 is 1.14 bits per heavy atom. The van der Waals surface area contributed by atoms with E-state index in [0.717, 1.165) is 14.7 Å². The zero-order valence-electron chi connectivity index (χ0n) is 11.9. The monoisotopic (exact) mass is 452 g/mol. The predicted octanol–water partition coefficient (Wildman–Crippen LogP) is 5.07. The zero-order valence-corrected chi connectivity index (χ0v) is 15.6. The van der Waals surface area contributed by atoms with Crippen LogP contribution in [0.3, 0.4) is 0 Å². The summed E-state index contributed by atoms with van der Waals surface area (Å²) in [5.74, 6) is 1.26. The molecule has 0 saturated heterocycles. The maximum Gasteiger partial charge on any atom is 0.174 e. The highest BCUT2D eigenvalue weighted by Gasteiger charge is 2.13. The number of aliphatic hydroxyl groups excluding tert-OH is 1. The molecule has 0 amide bonds. The molecule has 0 aliphatic heterocycles. The molecule has 118 valence electrons. The average Bonchev–Trinajstić information content (AvgIpc) is 2.48. The lowest BCUT2D eigenvalue weighted by Gasteiger charge is -2.15. The second kappa shape index (κ2) is 8.24. The number of ether oxygens (including phenoxy) is 2. The van der Waals surface area contributed by atoms with Gasteiger partial charge < -0.3 is 14.6 Å². The minimum absolute atomic E-state index is 0.0423. The summed E-state index contributed by atoms with van der Waals surface area (Å²) in [6.45, 7) is 2.69. The molecule has 6 heteroatoms. The van der Waals surface area contributed by atoms with Gasteiger partial charge in [0.15, 0.2) is 11.5 Å². The van der Waals surface area contributed by atoms with Crippen LogP contribution in [0.5, 0.6) is 11.5 Å². The van der Waals surface area contributed by atoms with E-state index in [0.29, 0.717) is 34.8 Å². The summed E-state index contributed by atoms with van der Waals surface area (Å²) in [6.07, 6.45) is 0. The van der Waals surface area contributed by atoms with Gasteiger partial charge in [-0.25, -0.2) is 0 Å². The first-order chi connectivity index (χ1) is 10.5. The summed E-state index contributed by atoms with van der Waals surface area (Å²) in [5.41, 5.74) is 1.63. The molecule has 0 atom stereocenters. The molecule has 0 unspecified atom stereocenters. The Kier molecular flexibility index (Phi) is 6.62. The second-order valence-electron chi connectivity index (χ2n) is 4.52. The van der Waals surface area contributed by atoms with Gasteiger partial charge in [-0.1, -0.05) is 29.3 Å². The van der Waals surface area contributed by atoms with Crippen LogP contribution >= 0.6 is 45.8 Å². The Bertz CT molecular complexity index is 662. The van der Waals surface area contributed by atoms with Gasteiger partial charge in [-0.05, 0) is 59.3 Å². The SMILES string of the molecule is CCOc1cc(CO)cc(I)c1OCc1ccc(Cl)cc1Cl. The smallest absolute Gasteiger partial charge is 0.174 e. The van der Waals surface area contributed by atoms with Crippen molar-refractivity contribution in [1.29, 1.82) is 0 Å². The molecule has 2 aromatic rings. The minimum atomic E-state index is -0.0423. The van der Waals surface area contributed by atoms with E-state index >= 15 is 0 Å². The summed E-state index contributed by atoms with van der Waals surface area (Å²) in [4.78, 5) is 0. The third-order valence-corrected chi connectivity index (χ3v) is 4.33. The van der Waals surface area contributed by atoms with Crippen molar-refractivity contribution in [3.05, 3.63) is 55.1 Å². The highest BCUT2D eigenvalue weighted by Crippen LogP contribution is 2.35. The fourth-order valence-electron chi connectivity index (χ4n) is 1.90. The predicted molar refractivity (Wildman–Crippen MR) is 97.0 cm³/mol. The van der Waals surface area contributed by atoms with E-state index in [-0.39, 0.29) is 6.61 Å². The van der Waals surface area contributed by atoms with E-state index in [1.54, 1.807) is 18.2 Å². The Balaban J connectivity index is 2.24. The molecule has 0 aromatic heterocycles. The van der Waals surface area contributed by atoms with Crippen LogP contribution < -0.4 is 9.47 Å². The molecule has 0 spiro atoms. The maximum atomic E-state index is 9.29. The quantitative estimate of drug-likeness (QED) is 0.622. The molecule has 3 nitrogen and oxygen atoms in total. The van der Waals surface area contributed by atoms with E-state index < -0.39 is 0 Å². The van der Waals surface area contributed by atoms with Crippen LogP contribution in [0.1, 0.15) is 18.1 Å². The van der Waals surface area contributed by atoms with Gasteiger partial charge in [0.2, 0.25) is 0 Å². The van der Waals surface area contributed by atoms with Crippen molar-refractivity contribution in [3.63, 3.8) is 0 Å². The first kappa shape index (κ1) is 17.7. The molecule has 0 heterocycles. The first-order valence-corrected chi connectivity index (χ1v) is 8.51. The molecular weight excluding hydrogens is 438 g/mol. The van der Waals surface area contributed by atoms with Gasteiger partial charge in [0.05, 0.1) is 16.8 Å². The number of rotatable bonds is 6. The molecule has 0 bridgehead atoms.